The molecule has 12 nitrogen and oxygen atoms in total. The summed E-state index contributed by atoms with van der Waals surface area (Å²) in [6.07, 6.45) is 23.7. The maximum atomic E-state index is 13.1. The van der Waals surface area contributed by atoms with Crippen LogP contribution in [0.15, 0.2) is 0 Å². The third-order valence-electron chi connectivity index (χ3n) is 15.5. The Morgan fingerprint density at radius 1 is 0.421 bits per heavy atom. The molecule has 6 saturated carbocycles. The van der Waals surface area contributed by atoms with Crippen LogP contribution in [0, 0.1) is 29.1 Å². The zero-order valence-electron chi connectivity index (χ0n) is 35.8. The predicted octanol–water partition coefficient (Wildman–Crippen LogP) is 8.96. The van der Waals surface area contributed by atoms with E-state index in [1.165, 1.54) is 38.5 Å². The topological polar surface area (TPSA) is 159 Å². The van der Waals surface area contributed by atoms with Crippen molar-refractivity contribution in [3.8, 4) is 0 Å². The molecule has 0 heterocycles. The van der Waals surface area contributed by atoms with E-state index in [0.717, 1.165) is 116 Å². The molecule has 0 spiro atoms. The number of carbonyl (C=O) groups is 4. The van der Waals surface area contributed by atoms with E-state index in [-0.39, 0.29) is 78.1 Å². The molecule has 6 aliphatic carbocycles. The van der Waals surface area contributed by atoms with Gasteiger partial charge in [0, 0.05) is 36.3 Å². The highest BCUT2D eigenvalue weighted by atomic mass is 16.6. The van der Waals surface area contributed by atoms with E-state index in [9.17, 15) is 19.2 Å². The molecule has 0 aromatic heterocycles. The number of urea groups is 2. The highest BCUT2D eigenvalue weighted by Crippen LogP contribution is 2.49. The Kier molecular flexibility index (Phi) is 16.0. The summed E-state index contributed by atoms with van der Waals surface area (Å²) >= 11 is 0. The van der Waals surface area contributed by atoms with Gasteiger partial charge in [-0.25, -0.2) is 19.2 Å². The molecule has 6 amide bonds. The summed E-state index contributed by atoms with van der Waals surface area (Å²) in [6.45, 7) is 9.20. The second kappa shape index (κ2) is 20.9. The fraction of sp³-hybridized carbons (Fsp3) is 0.911. The van der Waals surface area contributed by atoms with Crippen molar-refractivity contribution in [3.63, 3.8) is 0 Å². The van der Waals surface area contributed by atoms with Gasteiger partial charge in [0.2, 0.25) is 0 Å². The highest BCUT2D eigenvalue weighted by Gasteiger charge is 2.42. The number of alkyl carbamates (subject to hydrolysis) is 2. The monoisotopic (exact) mass is 799 g/mol. The van der Waals surface area contributed by atoms with Crippen LogP contribution >= 0.6 is 0 Å². The lowest BCUT2D eigenvalue weighted by Gasteiger charge is -2.46. The molecule has 0 aromatic carbocycles. The van der Waals surface area contributed by atoms with Crippen molar-refractivity contribution in [1.29, 1.82) is 0 Å². The number of hydrogen-bond donors (Lipinski definition) is 6. The average molecular weight is 799 g/mol. The van der Waals surface area contributed by atoms with Crippen molar-refractivity contribution in [1.82, 2.24) is 31.9 Å². The molecule has 57 heavy (non-hydrogen) atoms. The molecule has 6 unspecified atom stereocenters. The molecule has 0 bridgehead atoms. The Hall–Kier alpha value is -2.92. The minimum atomic E-state index is -0.323. The summed E-state index contributed by atoms with van der Waals surface area (Å²) in [7, 11) is 0. The number of carbonyl (C=O) groups excluding carboxylic acids is 4. The lowest BCUT2D eigenvalue weighted by atomic mass is 9.60. The van der Waals surface area contributed by atoms with Crippen molar-refractivity contribution >= 4 is 24.2 Å². The van der Waals surface area contributed by atoms with E-state index in [4.69, 9.17) is 9.47 Å². The van der Waals surface area contributed by atoms with Crippen LogP contribution in [0.3, 0.4) is 0 Å². The van der Waals surface area contributed by atoms with Gasteiger partial charge in [-0.3, -0.25) is 0 Å². The molecule has 6 fully saturated rings. The zero-order valence-corrected chi connectivity index (χ0v) is 35.8. The summed E-state index contributed by atoms with van der Waals surface area (Å²) in [5, 5.41) is 19.0. The summed E-state index contributed by atoms with van der Waals surface area (Å²) in [4.78, 5) is 51.6. The van der Waals surface area contributed by atoms with Crippen LogP contribution in [-0.4, -0.2) is 72.7 Å². The van der Waals surface area contributed by atoms with Crippen molar-refractivity contribution in [2.24, 2.45) is 29.1 Å². The second-order valence-corrected chi connectivity index (χ2v) is 20.0. The minimum absolute atomic E-state index is 0.00442. The molecule has 0 radical (unpaired) electrons. The third kappa shape index (κ3) is 13.0. The fourth-order valence-electron chi connectivity index (χ4n) is 11.5. The fourth-order valence-corrected chi connectivity index (χ4v) is 11.5. The maximum Gasteiger partial charge on any atom is 0.407 e. The standard InChI is InChI=1S/C45H78N6O6/c1-29-16-22-36(28-39(29)50-42(53)47-34-13-9-6-10-14-34)49-43(54)56-37-23-17-31(18-24-37)45(3,4)32-19-25-38(26-20-32)57-44(55)51-40-27-35(21-15-30(40)2)48-41(52)46-33-11-7-5-8-12-33/h29-40H,5-28H2,1-4H3,(H,49,54)(H,51,55)(H2,46,48,52)(H2,47,50,53). The smallest absolute Gasteiger partial charge is 0.407 e. The van der Waals surface area contributed by atoms with Gasteiger partial charge in [-0.1, -0.05) is 66.2 Å². The SMILES string of the molecule is CC1CCC(NC(=O)OC2CCC(C(C)(C)C3CCC(OC(=O)NC4CC(NC(=O)NC5CCCCC5)CCC4C)CC3)CC2)CC1NC(=O)NC1CCCCC1. The van der Waals surface area contributed by atoms with Gasteiger partial charge < -0.3 is 41.4 Å². The molecule has 0 saturated heterocycles. The number of amides is 6. The Labute approximate surface area is 343 Å². The average Bonchev–Trinajstić information content (AvgIpc) is 3.18. The molecular formula is C45H78N6O6. The van der Waals surface area contributed by atoms with E-state index < -0.39 is 0 Å². The molecule has 0 aromatic rings. The van der Waals surface area contributed by atoms with Gasteiger partial charge >= 0.3 is 24.2 Å². The quantitative estimate of drug-likeness (QED) is 0.130. The normalized spacial score (nSPS) is 34.5. The second-order valence-electron chi connectivity index (χ2n) is 20.0. The third-order valence-corrected chi connectivity index (χ3v) is 15.5. The van der Waals surface area contributed by atoms with Gasteiger partial charge in [0.15, 0.2) is 0 Å². The van der Waals surface area contributed by atoms with E-state index in [2.05, 4.69) is 59.6 Å². The number of rotatable bonds is 10. The number of hydrogen-bond acceptors (Lipinski definition) is 6. The summed E-state index contributed by atoms with van der Waals surface area (Å²) in [5.74, 6) is 1.84. The van der Waals surface area contributed by atoms with Crippen molar-refractivity contribution in [3.05, 3.63) is 0 Å². The summed E-state index contributed by atoms with van der Waals surface area (Å²) in [6, 6.07) is 0.498. The number of ether oxygens (including phenoxy) is 2. The Morgan fingerprint density at radius 3 is 1.28 bits per heavy atom. The zero-order chi connectivity index (χ0) is 40.4. The van der Waals surface area contributed by atoms with Crippen molar-refractivity contribution in [2.45, 2.75) is 230 Å². The maximum absolute atomic E-state index is 13.1. The van der Waals surface area contributed by atoms with Gasteiger partial charge in [-0.05, 0) is 145 Å². The predicted molar refractivity (Wildman–Crippen MR) is 223 cm³/mol. The van der Waals surface area contributed by atoms with E-state index >= 15 is 0 Å². The molecule has 6 N–H and O–H groups in total. The lowest BCUT2D eigenvalue weighted by molar-refractivity contribution is -0.00774. The van der Waals surface area contributed by atoms with Crippen molar-refractivity contribution < 1.29 is 28.7 Å². The molecular weight excluding hydrogens is 721 g/mol. The van der Waals surface area contributed by atoms with Crippen LogP contribution in [0.2, 0.25) is 0 Å². The first kappa shape index (κ1) is 43.7. The highest BCUT2D eigenvalue weighted by molar-refractivity contribution is 5.75. The van der Waals surface area contributed by atoms with E-state index in [1.807, 2.05) is 0 Å². The van der Waals surface area contributed by atoms with Gasteiger partial charge in [0.25, 0.3) is 0 Å². The molecule has 0 aliphatic heterocycles. The Balaban J connectivity index is 0.854. The van der Waals surface area contributed by atoms with Gasteiger partial charge in [-0.2, -0.15) is 0 Å². The lowest BCUT2D eigenvalue weighted by Crippen LogP contribution is -2.53. The van der Waals surface area contributed by atoms with Crippen LogP contribution in [0.5, 0.6) is 0 Å². The van der Waals surface area contributed by atoms with Gasteiger partial charge in [-0.15, -0.1) is 0 Å². The molecule has 12 heteroatoms. The molecule has 324 valence electrons. The summed E-state index contributed by atoms with van der Waals surface area (Å²) < 4.78 is 12.0. The number of nitrogens with one attached hydrogen (secondary N) is 6. The van der Waals surface area contributed by atoms with Crippen LogP contribution < -0.4 is 31.9 Å². The molecule has 6 rings (SSSR count). The Morgan fingerprint density at radius 2 is 0.807 bits per heavy atom. The minimum Gasteiger partial charge on any atom is -0.446 e. The van der Waals surface area contributed by atoms with Crippen LogP contribution in [0.25, 0.3) is 0 Å². The van der Waals surface area contributed by atoms with Gasteiger partial charge in [0.1, 0.15) is 12.2 Å². The summed E-state index contributed by atoms with van der Waals surface area (Å²) in [5.41, 5.74) is 0.160. The first-order chi connectivity index (χ1) is 27.4. The van der Waals surface area contributed by atoms with E-state index in [0.29, 0.717) is 23.7 Å². The largest absolute Gasteiger partial charge is 0.446 e. The Bertz CT molecular complexity index is 1300. The van der Waals surface area contributed by atoms with E-state index in [1.54, 1.807) is 0 Å². The molecule has 6 atom stereocenters. The first-order valence-electron chi connectivity index (χ1n) is 23.5. The van der Waals surface area contributed by atoms with Crippen LogP contribution in [0.1, 0.15) is 182 Å². The van der Waals surface area contributed by atoms with Crippen molar-refractivity contribution in [2.75, 3.05) is 0 Å². The molecule has 6 aliphatic rings. The first-order valence-corrected chi connectivity index (χ1v) is 23.5. The van der Waals surface area contributed by atoms with Crippen LogP contribution in [0.4, 0.5) is 19.2 Å². The van der Waals surface area contributed by atoms with Gasteiger partial charge in [0.05, 0.1) is 0 Å². The van der Waals surface area contributed by atoms with Crippen LogP contribution in [-0.2, 0) is 9.47 Å².